The maximum absolute atomic E-state index is 13.3. The van der Waals surface area contributed by atoms with Gasteiger partial charge in [-0.05, 0) is 42.6 Å². The van der Waals surface area contributed by atoms with Gasteiger partial charge in [-0.1, -0.05) is 17.4 Å². The van der Waals surface area contributed by atoms with Crippen molar-refractivity contribution >= 4 is 55.0 Å². The van der Waals surface area contributed by atoms with E-state index in [4.69, 9.17) is 9.72 Å². The van der Waals surface area contributed by atoms with Crippen molar-refractivity contribution in [3.8, 4) is 16.3 Å². The molecule has 0 aliphatic heterocycles. The van der Waals surface area contributed by atoms with Crippen LogP contribution in [0.3, 0.4) is 0 Å². The van der Waals surface area contributed by atoms with Gasteiger partial charge in [0.2, 0.25) is 0 Å². The van der Waals surface area contributed by atoms with Crippen LogP contribution in [-0.4, -0.2) is 32.8 Å². The van der Waals surface area contributed by atoms with Crippen LogP contribution in [0.5, 0.6) is 5.75 Å². The number of pyridine rings is 1. The molecule has 30 heavy (non-hydrogen) atoms. The van der Waals surface area contributed by atoms with Crippen molar-refractivity contribution in [2.45, 2.75) is 6.92 Å². The minimum atomic E-state index is -0.234. The number of hydrogen-bond acceptors (Lipinski definition) is 7. The van der Waals surface area contributed by atoms with Gasteiger partial charge < -0.3 is 4.74 Å². The second kappa shape index (κ2) is 7.19. The van der Waals surface area contributed by atoms with Gasteiger partial charge in [0.15, 0.2) is 10.8 Å². The molecule has 0 atom stereocenters. The lowest BCUT2D eigenvalue weighted by atomic mass is 10.1. The summed E-state index contributed by atoms with van der Waals surface area (Å²) in [6.45, 7) is 1.88. The summed E-state index contributed by atoms with van der Waals surface area (Å²) < 4.78 is 7.93. The normalized spacial score (nSPS) is 11.3. The number of fused-ring (bicyclic) bond motifs is 2. The van der Waals surface area contributed by atoms with Crippen LogP contribution in [0.4, 0.5) is 5.13 Å². The zero-order valence-electron chi connectivity index (χ0n) is 16.5. The van der Waals surface area contributed by atoms with E-state index in [0.717, 1.165) is 37.6 Å². The second-order valence-corrected chi connectivity index (χ2v) is 8.73. The molecule has 4 aromatic heterocycles. The Morgan fingerprint density at radius 2 is 2.07 bits per heavy atom. The summed E-state index contributed by atoms with van der Waals surface area (Å²) >= 11 is 2.99. The van der Waals surface area contributed by atoms with E-state index < -0.39 is 0 Å². The standard InChI is InChI=1S/C21H17N5O2S2/c1-11-18-13(10-15(16-5-4-8-29-16)22-19(18)26(2)25-11)20(27)24-21-23-14-7-6-12(28-3)9-17(14)30-21/h4-10H,1-3H3,(H,23,24,27). The van der Waals surface area contributed by atoms with Gasteiger partial charge in [0.25, 0.3) is 5.91 Å². The molecule has 0 saturated heterocycles. The highest BCUT2D eigenvalue weighted by Gasteiger charge is 2.20. The van der Waals surface area contributed by atoms with E-state index >= 15 is 0 Å². The predicted molar refractivity (Wildman–Crippen MR) is 121 cm³/mol. The van der Waals surface area contributed by atoms with Crippen molar-refractivity contribution < 1.29 is 9.53 Å². The van der Waals surface area contributed by atoms with Crippen LogP contribution in [0.2, 0.25) is 0 Å². The smallest absolute Gasteiger partial charge is 0.258 e. The molecular formula is C21H17N5O2S2. The lowest BCUT2D eigenvalue weighted by Crippen LogP contribution is -2.13. The van der Waals surface area contributed by atoms with Crippen molar-refractivity contribution in [3.05, 3.63) is 53.0 Å². The van der Waals surface area contributed by atoms with E-state index in [2.05, 4.69) is 15.4 Å². The van der Waals surface area contributed by atoms with Crippen LogP contribution in [0, 0.1) is 6.92 Å². The molecule has 150 valence electrons. The summed E-state index contributed by atoms with van der Waals surface area (Å²) in [5.41, 5.74) is 3.54. The summed E-state index contributed by atoms with van der Waals surface area (Å²) in [6.07, 6.45) is 0. The summed E-state index contributed by atoms with van der Waals surface area (Å²) in [5.74, 6) is 0.522. The average molecular weight is 436 g/mol. The van der Waals surface area contributed by atoms with Crippen molar-refractivity contribution in [1.82, 2.24) is 19.7 Å². The highest BCUT2D eigenvalue weighted by Crippen LogP contribution is 2.32. The van der Waals surface area contributed by atoms with Crippen LogP contribution in [0.25, 0.3) is 31.8 Å². The fourth-order valence-electron chi connectivity index (χ4n) is 3.42. The molecular weight excluding hydrogens is 418 g/mol. The molecule has 5 rings (SSSR count). The summed E-state index contributed by atoms with van der Waals surface area (Å²) in [5, 5.41) is 10.7. The highest BCUT2D eigenvalue weighted by atomic mass is 32.1. The zero-order valence-corrected chi connectivity index (χ0v) is 18.1. The molecule has 0 aliphatic rings. The number of nitrogens with zero attached hydrogens (tertiary/aromatic N) is 4. The number of ether oxygens (including phenoxy) is 1. The Hall–Kier alpha value is -3.30. The molecule has 0 unspecified atom stereocenters. The Labute approximate surface area is 180 Å². The van der Waals surface area contributed by atoms with Gasteiger partial charge in [0, 0.05) is 7.05 Å². The first-order valence-corrected chi connectivity index (χ1v) is 10.9. The number of carbonyl (C=O) groups is 1. The van der Waals surface area contributed by atoms with E-state index in [1.807, 2.05) is 55.7 Å². The first-order chi connectivity index (χ1) is 14.5. The minimum absolute atomic E-state index is 0.234. The number of benzene rings is 1. The molecule has 0 spiro atoms. The molecule has 0 bridgehead atoms. The molecule has 4 heterocycles. The van der Waals surface area contributed by atoms with Crippen molar-refractivity contribution in [3.63, 3.8) is 0 Å². The van der Waals surface area contributed by atoms with Crippen molar-refractivity contribution in [1.29, 1.82) is 0 Å². The zero-order chi connectivity index (χ0) is 20.8. The van der Waals surface area contributed by atoms with Gasteiger partial charge >= 0.3 is 0 Å². The quantitative estimate of drug-likeness (QED) is 0.435. The lowest BCUT2D eigenvalue weighted by Gasteiger charge is -2.07. The Morgan fingerprint density at radius 1 is 1.20 bits per heavy atom. The second-order valence-electron chi connectivity index (χ2n) is 6.75. The van der Waals surface area contributed by atoms with Gasteiger partial charge in [-0.15, -0.1) is 11.3 Å². The summed E-state index contributed by atoms with van der Waals surface area (Å²) in [4.78, 5) is 23.6. The third-order valence-corrected chi connectivity index (χ3v) is 6.63. The number of nitrogens with one attached hydrogen (secondary N) is 1. The Bertz CT molecular complexity index is 1400. The third kappa shape index (κ3) is 3.12. The average Bonchev–Trinajstić information content (AvgIpc) is 3.46. The van der Waals surface area contributed by atoms with E-state index in [1.165, 1.54) is 11.3 Å². The molecule has 5 aromatic rings. The SMILES string of the molecule is COc1ccc2nc(NC(=O)c3cc(-c4cccs4)nc4c3c(C)nn4C)sc2c1. The van der Waals surface area contributed by atoms with E-state index in [-0.39, 0.29) is 5.91 Å². The summed E-state index contributed by atoms with van der Waals surface area (Å²) in [7, 11) is 3.46. The van der Waals surface area contributed by atoms with Gasteiger partial charge in [-0.3, -0.25) is 14.8 Å². The monoisotopic (exact) mass is 435 g/mol. The van der Waals surface area contributed by atoms with Crippen LogP contribution >= 0.6 is 22.7 Å². The number of aryl methyl sites for hydroxylation is 2. The lowest BCUT2D eigenvalue weighted by molar-refractivity contribution is 0.102. The van der Waals surface area contributed by atoms with Gasteiger partial charge in [0.05, 0.1) is 44.5 Å². The minimum Gasteiger partial charge on any atom is -0.497 e. The third-order valence-electron chi connectivity index (χ3n) is 4.80. The van der Waals surface area contributed by atoms with Gasteiger partial charge in [-0.2, -0.15) is 5.10 Å². The number of hydrogen-bond donors (Lipinski definition) is 1. The molecule has 9 heteroatoms. The Balaban J connectivity index is 1.58. The fourth-order valence-corrected chi connectivity index (χ4v) is 5.00. The van der Waals surface area contributed by atoms with E-state index in [0.29, 0.717) is 16.3 Å². The molecule has 7 nitrogen and oxygen atoms in total. The number of anilines is 1. The number of rotatable bonds is 4. The number of carbonyl (C=O) groups excluding carboxylic acids is 1. The van der Waals surface area contributed by atoms with E-state index in [9.17, 15) is 4.79 Å². The first kappa shape index (κ1) is 18.7. The first-order valence-electron chi connectivity index (χ1n) is 9.17. The molecule has 0 radical (unpaired) electrons. The number of aromatic nitrogens is 4. The molecule has 0 fully saturated rings. The molecule has 1 aromatic carbocycles. The number of amides is 1. The Kier molecular flexibility index (Phi) is 4.48. The Morgan fingerprint density at radius 3 is 2.83 bits per heavy atom. The van der Waals surface area contributed by atoms with Crippen LogP contribution in [0.1, 0.15) is 16.1 Å². The van der Waals surface area contributed by atoms with Gasteiger partial charge in [0.1, 0.15) is 5.75 Å². The number of methoxy groups -OCH3 is 1. The molecule has 0 aliphatic carbocycles. The maximum atomic E-state index is 13.3. The van der Waals surface area contributed by atoms with Crippen LogP contribution in [0.15, 0.2) is 41.8 Å². The number of thiazole rings is 1. The van der Waals surface area contributed by atoms with Crippen LogP contribution in [-0.2, 0) is 7.05 Å². The van der Waals surface area contributed by atoms with E-state index in [1.54, 1.807) is 23.1 Å². The molecule has 1 amide bonds. The van der Waals surface area contributed by atoms with Crippen molar-refractivity contribution in [2.75, 3.05) is 12.4 Å². The maximum Gasteiger partial charge on any atom is 0.258 e. The largest absolute Gasteiger partial charge is 0.497 e. The van der Waals surface area contributed by atoms with Crippen LogP contribution < -0.4 is 10.1 Å². The topological polar surface area (TPSA) is 81.9 Å². The summed E-state index contributed by atoms with van der Waals surface area (Å²) in [6, 6.07) is 11.4. The number of thiophene rings is 1. The molecule has 0 saturated carbocycles. The predicted octanol–water partition coefficient (Wildman–Crippen LogP) is 4.88. The van der Waals surface area contributed by atoms with Gasteiger partial charge in [-0.25, -0.2) is 9.97 Å². The fraction of sp³-hybridized carbons (Fsp3) is 0.143. The van der Waals surface area contributed by atoms with Crippen molar-refractivity contribution in [2.24, 2.45) is 7.05 Å². The highest BCUT2D eigenvalue weighted by molar-refractivity contribution is 7.22. The molecule has 1 N–H and O–H groups in total.